The molecule has 2 aromatic heterocycles. The minimum atomic E-state index is -4.45. The summed E-state index contributed by atoms with van der Waals surface area (Å²) in [5, 5.41) is 2.66. The van der Waals surface area contributed by atoms with Gasteiger partial charge < -0.3 is 10.1 Å². The van der Waals surface area contributed by atoms with Crippen molar-refractivity contribution in [2.45, 2.75) is 39.8 Å². The summed E-state index contributed by atoms with van der Waals surface area (Å²) in [5.41, 5.74) is 0.203. The maximum absolute atomic E-state index is 12.4. The minimum Gasteiger partial charge on any atom is -0.468 e. The Morgan fingerprint density at radius 3 is 2.52 bits per heavy atom. The number of alkyl halides is 3. The Balaban J connectivity index is 1.97. The third kappa shape index (κ3) is 7.52. The van der Waals surface area contributed by atoms with Crippen LogP contribution in [0.2, 0.25) is 0 Å². The van der Waals surface area contributed by atoms with E-state index < -0.39 is 18.2 Å². The zero-order valence-electron chi connectivity index (χ0n) is 16.3. The highest BCUT2D eigenvalue weighted by Crippen LogP contribution is 2.19. The van der Waals surface area contributed by atoms with E-state index in [0.717, 1.165) is 0 Å². The summed E-state index contributed by atoms with van der Waals surface area (Å²) >= 11 is 0. The summed E-state index contributed by atoms with van der Waals surface area (Å²) in [6, 6.07) is 7.47. The van der Waals surface area contributed by atoms with Crippen LogP contribution in [0.25, 0.3) is 0 Å². The zero-order chi connectivity index (χ0) is 21.7. The molecule has 0 radical (unpaired) electrons. The van der Waals surface area contributed by atoms with Crippen molar-refractivity contribution in [1.29, 1.82) is 0 Å². The highest BCUT2D eigenvalue weighted by atomic mass is 19.4. The van der Waals surface area contributed by atoms with Crippen LogP contribution >= 0.6 is 0 Å². The molecule has 0 bridgehead atoms. The van der Waals surface area contributed by atoms with Crippen molar-refractivity contribution in [2.75, 3.05) is 11.9 Å². The Labute approximate surface area is 166 Å². The van der Waals surface area contributed by atoms with Crippen molar-refractivity contribution in [3.05, 3.63) is 47.8 Å². The maximum Gasteiger partial charge on any atom is 0.422 e. The lowest BCUT2D eigenvalue weighted by molar-refractivity contribution is -0.154. The SMILES string of the molecule is CC(C)(C)C(=O)Nc1cc(C(=O)CCc2cccc(OCC(F)(F)F)n2)ccn1. The van der Waals surface area contributed by atoms with Gasteiger partial charge in [0.1, 0.15) is 5.82 Å². The second-order valence-electron chi connectivity index (χ2n) is 7.43. The summed E-state index contributed by atoms with van der Waals surface area (Å²) in [5.74, 6) is -0.309. The molecule has 2 heterocycles. The summed E-state index contributed by atoms with van der Waals surface area (Å²) in [7, 11) is 0. The first-order valence-corrected chi connectivity index (χ1v) is 8.90. The molecule has 0 aliphatic rings. The second-order valence-corrected chi connectivity index (χ2v) is 7.43. The van der Waals surface area contributed by atoms with E-state index in [1.807, 2.05) is 0 Å². The standard InChI is InChI=1S/C20H22F3N3O3/c1-19(2,3)18(28)26-16-11-13(9-10-24-16)15(27)8-7-14-5-4-6-17(25-14)29-12-20(21,22)23/h4-6,9-11H,7-8,12H2,1-3H3,(H,24,26,28). The number of hydrogen-bond donors (Lipinski definition) is 1. The number of nitrogens with one attached hydrogen (secondary N) is 1. The van der Waals surface area contributed by atoms with Gasteiger partial charge in [-0.2, -0.15) is 13.2 Å². The number of Topliss-reactive ketones (excluding diaryl/α,β-unsaturated/α-hetero) is 1. The van der Waals surface area contributed by atoms with Gasteiger partial charge in [0.05, 0.1) is 0 Å². The molecule has 0 unspecified atom stereocenters. The van der Waals surface area contributed by atoms with Crippen LogP contribution in [0.1, 0.15) is 43.2 Å². The normalized spacial score (nSPS) is 11.8. The fourth-order valence-corrected chi connectivity index (χ4v) is 2.20. The predicted octanol–water partition coefficient (Wildman–Crippen LogP) is 4.22. The van der Waals surface area contributed by atoms with E-state index in [1.165, 1.54) is 30.5 Å². The first-order chi connectivity index (χ1) is 13.4. The van der Waals surface area contributed by atoms with Gasteiger partial charge in [0.15, 0.2) is 12.4 Å². The lowest BCUT2D eigenvalue weighted by Crippen LogP contribution is -2.28. The van der Waals surface area contributed by atoms with Crippen molar-refractivity contribution < 1.29 is 27.5 Å². The fourth-order valence-electron chi connectivity index (χ4n) is 2.20. The number of aromatic nitrogens is 2. The number of aryl methyl sites for hydroxylation is 1. The van der Waals surface area contributed by atoms with E-state index in [2.05, 4.69) is 20.0 Å². The van der Waals surface area contributed by atoms with Gasteiger partial charge in [-0.3, -0.25) is 9.59 Å². The molecule has 156 valence electrons. The molecule has 0 aliphatic carbocycles. The molecule has 0 spiro atoms. The second kappa shape index (κ2) is 9.02. The van der Waals surface area contributed by atoms with E-state index in [9.17, 15) is 22.8 Å². The van der Waals surface area contributed by atoms with E-state index >= 15 is 0 Å². The van der Waals surface area contributed by atoms with Crippen molar-refractivity contribution in [2.24, 2.45) is 5.41 Å². The molecule has 9 heteroatoms. The summed E-state index contributed by atoms with van der Waals surface area (Å²) in [6.45, 7) is 3.85. The monoisotopic (exact) mass is 409 g/mol. The Hall–Kier alpha value is -2.97. The van der Waals surface area contributed by atoms with Gasteiger partial charge in [-0.1, -0.05) is 26.8 Å². The van der Waals surface area contributed by atoms with Crippen LogP contribution in [0.3, 0.4) is 0 Å². The fraction of sp³-hybridized carbons (Fsp3) is 0.400. The number of amides is 1. The van der Waals surface area contributed by atoms with Crippen molar-refractivity contribution in [3.63, 3.8) is 0 Å². The van der Waals surface area contributed by atoms with E-state index in [-0.39, 0.29) is 36.2 Å². The molecular formula is C20H22F3N3O3. The van der Waals surface area contributed by atoms with Crippen molar-refractivity contribution in [3.8, 4) is 5.88 Å². The van der Waals surface area contributed by atoms with Gasteiger partial charge in [-0.05, 0) is 24.6 Å². The summed E-state index contributed by atoms with van der Waals surface area (Å²) in [6.07, 6.45) is -2.70. The smallest absolute Gasteiger partial charge is 0.422 e. The molecule has 0 aromatic carbocycles. The van der Waals surface area contributed by atoms with Gasteiger partial charge in [-0.15, -0.1) is 0 Å². The zero-order valence-corrected chi connectivity index (χ0v) is 16.3. The molecule has 0 atom stereocenters. The van der Waals surface area contributed by atoms with Crippen molar-refractivity contribution in [1.82, 2.24) is 9.97 Å². The first kappa shape index (κ1) is 22.3. The maximum atomic E-state index is 12.4. The molecule has 0 saturated carbocycles. The lowest BCUT2D eigenvalue weighted by Gasteiger charge is -2.17. The number of pyridine rings is 2. The number of rotatable bonds is 7. The van der Waals surface area contributed by atoms with Crippen LogP contribution in [0.4, 0.5) is 19.0 Å². The molecule has 0 saturated heterocycles. The van der Waals surface area contributed by atoms with Crippen molar-refractivity contribution >= 4 is 17.5 Å². The van der Waals surface area contributed by atoms with Gasteiger partial charge in [0.25, 0.3) is 0 Å². The first-order valence-electron chi connectivity index (χ1n) is 8.90. The Bertz CT molecular complexity index is 877. The number of nitrogens with zero attached hydrogens (tertiary/aromatic N) is 2. The molecule has 2 aromatic rings. The summed E-state index contributed by atoms with van der Waals surface area (Å²) in [4.78, 5) is 32.5. The van der Waals surface area contributed by atoms with Crippen LogP contribution < -0.4 is 10.1 Å². The largest absolute Gasteiger partial charge is 0.468 e. The van der Waals surface area contributed by atoms with Crippen LogP contribution in [0.5, 0.6) is 5.88 Å². The highest BCUT2D eigenvalue weighted by Gasteiger charge is 2.28. The van der Waals surface area contributed by atoms with E-state index in [4.69, 9.17) is 0 Å². The number of ether oxygens (including phenoxy) is 1. The lowest BCUT2D eigenvalue weighted by atomic mass is 9.96. The minimum absolute atomic E-state index is 0.0897. The number of ketones is 1. The van der Waals surface area contributed by atoms with E-state index in [0.29, 0.717) is 11.3 Å². The molecular weight excluding hydrogens is 387 g/mol. The molecule has 0 fully saturated rings. The molecule has 6 nitrogen and oxygen atoms in total. The Morgan fingerprint density at radius 1 is 1.14 bits per heavy atom. The van der Waals surface area contributed by atoms with Crippen LogP contribution in [0, 0.1) is 5.41 Å². The Kier molecular flexibility index (Phi) is 6.94. The van der Waals surface area contributed by atoms with Gasteiger partial charge in [0, 0.05) is 35.4 Å². The predicted molar refractivity (Wildman–Crippen MR) is 101 cm³/mol. The third-order valence-electron chi connectivity index (χ3n) is 3.78. The molecule has 2 rings (SSSR count). The molecule has 1 N–H and O–H groups in total. The quantitative estimate of drug-likeness (QED) is 0.693. The van der Waals surface area contributed by atoms with Crippen LogP contribution in [-0.2, 0) is 11.2 Å². The Morgan fingerprint density at radius 2 is 1.86 bits per heavy atom. The molecule has 0 aliphatic heterocycles. The number of carbonyl (C=O) groups excluding carboxylic acids is 2. The third-order valence-corrected chi connectivity index (χ3v) is 3.78. The van der Waals surface area contributed by atoms with Crippen LogP contribution in [0.15, 0.2) is 36.5 Å². The highest BCUT2D eigenvalue weighted by molar-refractivity contribution is 5.98. The van der Waals surface area contributed by atoms with Gasteiger partial charge in [0.2, 0.25) is 11.8 Å². The number of halogens is 3. The number of anilines is 1. The average molecular weight is 409 g/mol. The molecule has 1 amide bonds. The topological polar surface area (TPSA) is 81.2 Å². The van der Waals surface area contributed by atoms with Gasteiger partial charge in [-0.25, -0.2) is 9.97 Å². The van der Waals surface area contributed by atoms with Crippen LogP contribution in [-0.4, -0.2) is 34.4 Å². The van der Waals surface area contributed by atoms with Gasteiger partial charge >= 0.3 is 6.18 Å². The average Bonchev–Trinajstić information content (AvgIpc) is 2.64. The summed E-state index contributed by atoms with van der Waals surface area (Å²) < 4.78 is 41.3. The number of carbonyl (C=O) groups is 2. The number of hydrogen-bond acceptors (Lipinski definition) is 5. The molecule has 29 heavy (non-hydrogen) atoms. The van der Waals surface area contributed by atoms with E-state index in [1.54, 1.807) is 26.8 Å².